The minimum Gasteiger partial charge on any atom is -0.508 e. The molecule has 1 aromatic carbocycles. The van der Waals surface area contributed by atoms with Crippen LogP contribution in [0.25, 0.3) is 0 Å². The Morgan fingerprint density at radius 2 is 2.07 bits per heavy atom. The second kappa shape index (κ2) is 5.66. The lowest BCUT2D eigenvalue weighted by Gasteiger charge is -2.17. The number of benzene rings is 1. The fourth-order valence-corrected chi connectivity index (χ4v) is 1.65. The van der Waals surface area contributed by atoms with Crippen molar-refractivity contribution in [1.82, 2.24) is 5.32 Å². The van der Waals surface area contributed by atoms with Crippen molar-refractivity contribution in [1.29, 1.82) is 0 Å². The Morgan fingerprint density at radius 1 is 1.36 bits per heavy atom. The van der Waals surface area contributed by atoms with Gasteiger partial charge in [-0.15, -0.1) is 0 Å². The molecule has 1 aromatic rings. The molecule has 0 heterocycles. The Balaban J connectivity index is 2.73. The normalized spacial score (nSPS) is 12.7. The van der Waals surface area contributed by atoms with Crippen molar-refractivity contribution in [3.8, 4) is 5.75 Å². The van der Waals surface area contributed by atoms with E-state index in [-0.39, 0.29) is 6.04 Å². The maximum atomic E-state index is 9.67. The van der Waals surface area contributed by atoms with Gasteiger partial charge in [-0.2, -0.15) is 0 Å². The van der Waals surface area contributed by atoms with Crippen LogP contribution in [0.5, 0.6) is 5.75 Å². The van der Waals surface area contributed by atoms with E-state index in [0.717, 1.165) is 12.0 Å². The molecule has 0 amide bonds. The highest BCUT2D eigenvalue weighted by molar-refractivity contribution is 5.34. The molecule has 1 rings (SSSR count). The summed E-state index contributed by atoms with van der Waals surface area (Å²) in [5.41, 5.74) is 1.00. The first-order chi connectivity index (χ1) is 6.79. The molecule has 1 unspecified atom stereocenters. The summed E-state index contributed by atoms with van der Waals surface area (Å²) in [6.07, 6.45) is 3.44. The van der Waals surface area contributed by atoms with E-state index in [1.54, 1.807) is 6.07 Å². The zero-order chi connectivity index (χ0) is 10.4. The highest BCUT2D eigenvalue weighted by Crippen LogP contribution is 2.26. The van der Waals surface area contributed by atoms with Crippen LogP contribution in [0.2, 0.25) is 0 Å². The summed E-state index contributed by atoms with van der Waals surface area (Å²) in [6.45, 7) is 2.18. The Hall–Kier alpha value is -1.02. The highest BCUT2D eigenvalue weighted by Gasteiger charge is 2.11. The van der Waals surface area contributed by atoms with Crippen LogP contribution in [0.3, 0.4) is 0 Å². The molecule has 0 aromatic heterocycles. The van der Waals surface area contributed by atoms with Crippen molar-refractivity contribution in [2.24, 2.45) is 0 Å². The minimum atomic E-state index is 0.274. The maximum absolute atomic E-state index is 9.67. The van der Waals surface area contributed by atoms with Crippen LogP contribution in [-0.4, -0.2) is 12.2 Å². The molecule has 0 aliphatic heterocycles. The minimum absolute atomic E-state index is 0.274. The third-order valence-electron chi connectivity index (χ3n) is 2.51. The first-order valence-electron chi connectivity index (χ1n) is 5.24. The summed E-state index contributed by atoms with van der Waals surface area (Å²) in [5.74, 6) is 0.392. The molecule has 14 heavy (non-hydrogen) atoms. The van der Waals surface area contributed by atoms with Crippen molar-refractivity contribution >= 4 is 0 Å². The molecule has 2 N–H and O–H groups in total. The van der Waals surface area contributed by atoms with Crippen LogP contribution in [0, 0.1) is 0 Å². The Labute approximate surface area is 86.0 Å². The van der Waals surface area contributed by atoms with E-state index in [2.05, 4.69) is 12.2 Å². The van der Waals surface area contributed by atoms with Crippen molar-refractivity contribution in [2.75, 3.05) is 7.05 Å². The number of nitrogens with one attached hydrogen (secondary N) is 1. The van der Waals surface area contributed by atoms with Gasteiger partial charge in [0.25, 0.3) is 0 Å². The Kier molecular flexibility index (Phi) is 4.47. The van der Waals surface area contributed by atoms with Gasteiger partial charge < -0.3 is 10.4 Å². The van der Waals surface area contributed by atoms with E-state index in [4.69, 9.17) is 0 Å². The van der Waals surface area contributed by atoms with E-state index < -0.39 is 0 Å². The number of rotatable bonds is 5. The van der Waals surface area contributed by atoms with E-state index in [9.17, 15) is 5.11 Å². The molecular weight excluding hydrogens is 174 g/mol. The van der Waals surface area contributed by atoms with Crippen molar-refractivity contribution < 1.29 is 5.11 Å². The van der Waals surface area contributed by atoms with E-state index in [1.165, 1.54) is 12.8 Å². The number of phenolic OH excluding ortho intramolecular Hbond substituents is 1. The monoisotopic (exact) mass is 193 g/mol. The van der Waals surface area contributed by atoms with Gasteiger partial charge >= 0.3 is 0 Å². The van der Waals surface area contributed by atoms with Gasteiger partial charge in [0, 0.05) is 11.6 Å². The number of hydrogen-bond donors (Lipinski definition) is 2. The lowest BCUT2D eigenvalue weighted by molar-refractivity contribution is 0.442. The van der Waals surface area contributed by atoms with Crippen LogP contribution in [0.1, 0.15) is 37.8 Å². The molecular formula is C12H19NO. The predicted molar refractivity (Wildman–Crippen MR) is 59.4 cm³/mol. The molecule has 0 aliphatic rings. The molecule has 0 radical (unpaired) electrons. The number of hydrogen-bond acceptors (Lipinski definition) is 2. The lowest BCUT2D eigenvalue weighted by atomic mass is 10.0. The van der Waals surface area contributed by atoms with Crippen LogP contribution < -0.4 is 5.32 Å². The number of aromatic hydroxyl groups is 1. The van der Waals surface area contributed by atoms with Gasteiger partial charge in [0.1, 0.15) is 5.75 Å². The van der Waals surface area contributed by atoms with E-state index in [0.29, 0.717) is 5.75 Å². The van der Waals surface area contributed by atoms with Crippen molar-refractivity contribution in [2.45, 2.75) is 32.2 Å². The number of unbranched alkanes of at least 4 members (excludes halogenated alkanes) is 1. The molecule has 78 valence electrons. The summed E-state index contributed by atoms with van der Waals surface area (Å²) < 4.78 is 0. The molecule has 2 nitrogen and oxygen atoms in total. The number of para-hydroxylation sites is 1. The van der Waals surface area contributed by atoms with Crippen LogP contribution in [-0.2, 0) is 0 Å². The van der Waals surface area contributed by atoms with Crippen molar-refractivity contribution in [3.05, 3.63) is 29.8 Å². The van der Waals surface area contributed by atoms with Gasteiger partial charge in [0.05, 0.1) is 0 Å². The molecule has 0 saturated heterocycles. The molecule has 0 fully saturated rings. The molecule has 0 bridgehead atoms. The molecule has 2 heteroatoms. The Morgan fingerprint density at radius 3 is 2.64 bits per heavy atom. The SMILES string of the molecule is CCCCC(NC)c1ccccc1O. The van der Waals surface area contributed by atoms with E-state index in [1.807, 2.05) is 25.2 Å². The first-order valence-corrected chi connectivity index (χ1v) is 5.24. The second-order valence-corrected chi connectivity index (χ2v) is 3.54. The summed E-state index contributed by atoms with van der Waals surface area (Å²) in [7, 11) is 1.94. The molecule has 0 saturated carbocycles. The summed E-state index contributed by atoms with van der Waals surface area (Å²) in [6, 6.07) is 7.81. The molecule has 0 spiro atoms. The van der Waals surface area contributed by atoms with Crippen LogP contribution in [0.4, 0.5) is 0 Å². The molecule has 1 atom stereocenters. The standard InChI is InChI=1S/C12H19NO/c1-3-4-8-11(13-2)10-7-5-6-9-12(10)14/h5-7,9,11,13-14H,3-4,8H2,1-2H3. The quantitative estimate of drug-likeness (QED) is 0.753. The van der Waals surface area contributed by atoms with Gasteiger partial charge in [0.15, 0.2) is 0 Å². The second-order valence-electron chi connectivity index (χ2n) is 3.54. The summed E-state index contributed by atoms with van der Waals surface area (Å²) in [5, 5.41) is 12.9. The Bertz CT molecular complexity index is 273. The van der Waals surface area contributed by atoms with Crippen molar-refractivity contribution in [3.63, 3.8) is 0 Å². The average Bonchev–Trinajstić information content (AvgIpc) is 2.21. The smallest absolute Gasteiger partial charge is 0.120 e. The van der Waals surface area contributed by atoms with Gasteiger partial charge in [-0.1, -0.05) is 38.0 Å². The lowest BCUT2D eigenvalue weighted by Crippen LogP contribution is -2.16. The maximum Gasteiger partial charge on any atom is 0.120 e. The largest absolute Gasteiger partial charge is 0.508 e. The third kappa shape index (κ3) is 2.74. The fraction of sp³-hybridized carbons (Fsp3) is 0.500. The van der Waals surface area contributed by atoms with Crippen LogP contribution in [0.15, 0.2) is 24.3 Å². The highest BCUT2D eigenvalue weighted by atomic mass is 16.3. The zero-order valence-electron chi connectivity index (χ0n) is 8.96. The molecule has 0 aliphatic carbocycles. The van der Waals surface area contributed by atoms with Gasteiger partial charge in [-0.3, -0.25) is 0 Å². The van der Waals surface area contributed by atoms with Gasteiger partial charge in [-0.05, 0) is 19.5 Å². The first kappa shape index (κ1) is 11.1. The summed E-state index contributed by atoms with van der Waals surface area (Å²) >= 11 is 0. The topological polar surface area (TPSA) is 32.3 Å². The third-order valence-corrected chi connectivity index (χ3v) is 2.51. The number of phenols is 1. The van der Waals surface area contributed by atoms with Crippen LogP contribution >= 0.6 is 0 Å². The van der Waals surface area contributed by atoms with E-state index >= 15 is 0 Å². The van der Waals surface area contributed by atoms with Gasteiger partial charge in [0.2, 0.25) is 0 Å². The fourth-order valence-electron chi connectivity index (χ4n) is 1.65. The van der Waals surface area contributed by atoms with Gasteiger partial charge in [-0.25, -0.2) is 0 Å². The zero-order valence-corrected chi connectivity index (χ0v) is 8.96. The average molecular weight is 193 g/mol. The predicted octanol–water partition coefficient (Wildman–Crippen LogP) is 2.84. The summed E-state index contributed by atoms with van der Waals surface area (Å²) in [4.78, 5) is 0.